The summed E-state index contributed by atoms with van der Waals surface area (Å²) in [5.41, 5.74) is 6.12. The molecule has 2 aromatic heterocycles. The standard InChI is InChI=1S/C13H17N5O2S/c1-20-8-2-7-18-12(10-3-5-15-6-4-10)16-17-13(18)21-9-11(14)19/h3-6H,2,7-9H2,1H3,(H2,14,19). The molecule has 2 aromatic rings. The number of rotatable bonds is 8. The summed E-state index contributed by atoms with van der Waals surface area (Å²) in [7, 11) is 1.67. The van der Waals surface area contributed by atoms with Gasteiger partial charge in [-0.15, -0.1) is 10.2 Å². The van der Waals surface area contributed by atoms with E-state index >= 15 is 0 Å². The van der Waals surface area contributed by atoms with Crippen LogP contribution in [-0.2, 0) is 16.1 Å². The summed E-state index contributed by atoms with van der Waals surface area (Å²) in [6.07, 6.45) is 4.25. The molecule has 0 aliphatic rings. The Morgan fingerprint density at radius 1 is 1.38 bits per heavy atom. The van der Waals surface area contributed by atoms with Crippen LogP contribution in [0.4, 0.5) is 0 Å². The quantitative estimate of drug-likeness (QED) is 0.576. The number of carbonyl (C=O) groups is 1. The van der Waals surface area contributed by atoms with Gasteiger partial charge >= 0.3 is 0 Å². The highest BCUT2D eigenvalue weighted by Crippen LogP contribution is 2.23. The number of thioether (sulfide) groups is 1. The lowest BCUT2D eigenvalue weighted by Gasteiger charge is -2.09. The number of ether oxygens (including phenoxy) is 1. The lowest BCUT2D eigenvalue weighted by atomic mass is 10.2. The molecule has 1 amide bonds. The molecule has 112 valence electrons. The Morgan fingerprint density at radius 3 is 2.81 bits per heavy atom. The highest BCUT2D eigenvalue weighted by atomic mass is 32.2. The average Bonchev–Trinajstić information content (AvgIpc) is 2.89. The van der Waals surface area contributed by atoms with Crippen molar-refractivity contribution >= 4 is 17.7 Å². The molecule has 0 atom stereocenters. The fraction of sp³-hybridized carbons (Fsp3) is 0.385. The molecule has 2 N–H and O–H groups in total. The molecule has 0 saturated heterocycles. The lowest BCUT2D eigenvalue weighted by molar-refractivity contribution is -0.115. The Morgan fingerprint density at radius 2 is 2.14 bits per heavy atom. The van der Waals surface area contributed by atoms with Crippen molar-refractivity contribution < 1.29 is 9.53 Å². The van der Waals surface area contributed by atoms with Crippen molar-refractivity contribution in [3.63, 3.8) is 0 Å². The van der Waals surface area contributed by atoms with E-state index in [1.165, 1.54) is 11.8 Å². The number of methoxy groups -OCH3 is 1. The molecular weight excluding hydrogens is 290 g/mol. The minimum atomic E-state index is -0.378. The highest BCUT2D eigenvalue weighted by Gasteiger charge is 2.14. The molecule has 7 nitrogen and oxygen atoms in total. The minimum Gasteiger partial charge on any atom is -0.385 e. The first-order chi connectivity index (χ1) is 10.2. The van der Waals surface area contributed by atoms with Gasteiger partial charge in [-0.3, -0.25) is 9.78 Å². The SMILES string of the molecule is COCCCn1c(SCC(N)=O)nnc1-c1ccncc1. The molecule has 2 rings (SSSR count). The summed E-state index contributed by atoms with van der Waals surface area (Å²) < 4.78 is 7.05. The smallest absolute Gasteiger partial charge is 0.227 e. The summed E-state index contributed by atoms with van der Waals surface area (Å²) in [6, 6.07) is 3.75. The molecule has 0 aliphatic carbocycles. The van der Waals surface area contributed by atoms with E-state index in [0.717, 1.165) is 17.8 Å². The molecule has 0 fully saturated rings. The molecule has 21 heavy (non-hydrogen) atoms. The topological polar surface area (TPSA) is 95.9 Å². The monoisotopic (exact) mass is 307 g/mol. The Kier molecular flexibility index (Phi) is 5.70. The van der Waals surface area contributed by atoms with Crippen molar-refractivity contribution in [1.29, 1.82) is 0 Å². The molecule has 0 radical (unpaired) electrons. The van der Waals surface area contributed by atoms with E-state index < -0.39 is 0 Å². The van der Waals surface area contributed by atoms with Gasteiger partial charge in [-0.05, 0) is 18.6 Å². The lowest BCUT2D eigenvalue weighted by Crippen LogP contribution is -2.14. The number of carbonyl (C=O) groups excluding carboxylic acids is 1. The third kappa shape index (κ3) is 4.27. The fourth-order valence-electron chi connectivity index (χ4n) is 1.81. The molecule has 8 heteroatoms. The Balaban J connectivity index is 2.24. The van der Waals surface area contributed by atoms with Crippen LogP contribution in [0.15, 0.2) is 29.7 Å². The number of aromatic nitrogens is 4. The maximum Gasteiger partial charge on any atom is 0.227 e. The summed E-state index contributed by atoms with van der Waals surface area (Å²) in [6.45, 7) is 1.35. The predicted molar refractivity (Wildman–Crippen MR) is 79.7 cm³/mol. The van der Waals surface area contributed by atoms with Gasteiger partial charge in [0.1, 0.15) is 0 Å². The van der Waals surface area contributed by atoms with E-state index in [1.807, 2.05) is 16.7 Å². The van der Waals surface area contributed by atoms with Crippen molar-refractivity contribution in [1.82, 2.24) is 19.7 Å². The first kappa shape index (κ1) is 15.5. The highest BCUT2D eigenvalue weighted by molar-refractivity contribution is 7.99. The van der Waals surface area contributed by atoms with Gasteiger partial charge in [-0.25, -0.2) is 0 Å². The van der Waals surface area contributed by atoms with Crippen LogP contribution < -0.4 is 5.73 Å². The van der Waals surface area contributed by atoms with Gasteiger partial charge in [0.2, 0.25) is 5.91 Å². The van der Waals surface area contributed by atoms with Crippen LogP contribution in [0, 0.1) is 0 Å². The zero-order valence-electron chi connectivity index (χ0n) is 11.7. The average molecular weight is 307 g/mol. The maximum absolute atomic E-state index is 10.9. The number of hydrogen-bond acceptors (Lipinski definition) is 6. The summed E-state index contributed by atoms with van der Waals surface area (Å²) in [4.78, 5) is 14.9. The number of hydrogen-bond donors (Lipinski definition) is 1. The van der Waals surface area contributed by atoms with Crippen LogP contribution in [0.1, 0.15) is 6.42 Å². The molecule has 0 aliphatic heterocycles. The van der Waals surface area contributed by atoms with E-state index in [0.29, 0.717) is 18.3 Å². The van der Waals surface area contributed by atoms with Gasteiger partial charge in [-0.1, -0.05) is 11.8 Å². The molecule has 0 aromatic carbocycles. The van der Waals surface area contributed by atoms with Crippen LogP contribution in [0.2, 0.25) is 0 Å². The van der Waals surface area contributed by atoms with E-state index in [2.05, 4.69) is 15.2 Å². The first-order valence-electron chi connectivity index (χ1n) is 6.46. The normalized spacial score (nSPS) is 10.7. The van der Waals surface area contributed by atoms with Crippen molar-refractivity contribution in [2.24, 2.45) is 5.73 Å². The van der Waals surface area contributed by atoms with Crippen LogP contribution >= 0.6 is 11.8 Å². The second-order valence-electron chi connectivity index (χ2n) is 4.30. The number of nitrogens with two attached hydrogens (primary N) is 1. The van der Waals surface area contributed by atoms with Gasteiger partial charge in [-0.2, -0.15) is 0 Å². The van der Waals surface area contributed by atoms with Crippen molar-refractivity contribution in [2.75, 3.05) is 19.5 Å². The third-order valence-electron chi connectivity index (χ3n) is 2.73. The van der Waals surface area contributed by atoms with Crippen molar-refractivity contribution in [2.45, 2.75) is 18.1 Å². The van der Waals surface area contributed by atoms with Crippen molar-refractivity contribution in [3.05, 3.63) is 24.5 Å². The van der Waals surface area contributed by atoms with E-state index in [-0.39, 0.29) is 11.7 Å². The van der Waals surface area contributed by atoms with Crippen LogP contribution in [-0.4, -0.2) is 45.1 Å². The second-order valence-corrected chi connectivity index (χ2v) is 5.24. The summed E-state index contributed by atoms with van der Waals surface area (Å²) in [5.74, 6) is 0.552. The number of primary amides is 1. The van der Waals surface area contributed by atoms with Gasteiger partial charge < -0.3 is 15.0 Å². The zero-order valence-corrected chi connectivity index (χ0v) is 12.5. The fourth-order valence-corrected chi connectivity index (χ4v) is 2.52. The molecular formula is C13H17N5O2S. The molecule has 2 heterocycles. The Bertz CT molecular complexity index is 588. The Labute approximate surface area is 126 Å². The number of nitrogens with zero attached hydrogens (tertiary/aromatic N) is 4. The van der Waals surface area contributed by atoms with Gasteiger partial charge in [0.05, 0.1) is 5.75 Å². The van der Waals surface area contributed by atoms with Crippen LogP contribution in [0.3, 0.4) is 0 Å². The van der Waals surface area contributed by atoms with E-state index in [4.69, 9.17) is 10.5 Å². The largest absolute Gasteiger partial charge is 0.385 e. The molecule has 0 bridgehead atoms. The molecule has 0 unspecified atom stereocenters. The van der Waals surface area contributed by atoms with Crippen molar-refractivity contribution in [3.8, 4) is 11.4 Å². The van der Waals surface area contributed by atoms with Gasteiger partial charge in [0.15, 0.2) is 11.0 Å². The van der Waals surface area contributed by atoms with E-state index in [9.17, 15) is 4.79 Å². The number of amides is 1. The Hall–Kier alpha value is -1.93. The second kappa shape index (κ2) is 7.75. The third-order valence-corrected chi connectivity index (χ3v) is 3.72. The number of pyridine rings is 1. The summed E-state index contributed by atoms with van der Waals surface area (Å²) >= 11 is 1.29. The first-order valence-corrected chi connectivity index (χ1v) is 7.44. The van der Waals surface area contributed by atoms with E-state index in [1.54, 1.807) is 19.5 Å². The van der Waals surface area contributed by atoms with Gasteiger partial charge in [0.25, 0.3) is 0 Å². The molecule has 0 spiro atoms. The van der Waals surface area contributed by atoms with Crippen LogP contribution in [0.25, 0.3) is 11.4 Å². The van der Waals surface area contributed by atoms with Crippen LogP contribution in [0.5, 0.6) is 0 Å². The molecule has 0 saturated carbocycles. The minimum absolute atomic E-state index is 0.179. The van der Waals surface area contributed by atoms with Gasteiger partial charge in [0, 0.05) is 38.2 Å². The predicted octanol–water partition coefficient (Wildman–Crippen LogP) is 0.954. The summed E-state index contributed by atoms with van der Waals surface area (Å²) in [5, 5.41) is 9.04. The maximum atomic E-state index is 10.9. The zero-order chi connectivity index (χ0) is 15.1.